The average molecular weight is 320 g/mol. The van der Waals surface area contributed by atoms with Crippen LogP contribution in [0.4, 0.5) is 4.39 Å². The molecule has 3 nitrogen and oxygen atoms in total. The van der Waals surface area contributed by atoms with Gasteiger partial charge in [0.25, 0.3) is 0 Å². The molecule has 1 saturated carbocycles. The Kier molecular flexibility index (Phi) is 4.72. The van der Waals surface area contributed by atoms with Crippen LogP contribution in [0.25, 0.3) is 0 Å². The minimum absolute atomic E-state index is 0.0495. The molecule has 0 N–H and O–H groups in total. The molecule has 2 rings (SSSR count). The highest BCUT2D eigenvalue weighted by atomic mass is 35.5. The summed E-state index contributed by atoms with van der Waals surface area (Å²) in [6.07, 6.45) is 2.51. The van der Waals surface area contributed by atoms with Crippen molar-refractivity contribution in [1.29, 1.82) is 0 Å². The van der Waals surface area contributed by atoms with Crippen LogP contribution in [0.2, 0.25) is 0 Å². The predicted octanol–water partition coefficient (Wildman–Crippen LogP) is 3.44. The smallest absolute Gasteiger partial charge is 0.207 e. The zero-order chi connectivity index (χ0) is 14.9. The van der Waals surface area contributed by atoms with Crippen LogP contribution in [0.3, 0.4) is 0 Å². The Morgan fingerprint density at radius 2 is 2.05 bits per heavy atom. The summed E-state index contributed by atoms with van der Waals surface area (Å²) in [7, 11) is -3.65. The fourth-order valence-corrected chi connectivity index (χ4v) is 4.48. The second-order valence-corrected chi connectivity index (χ2v) is 7.31. The van der Waals surface area contributed by atoms with Crippen LogP contribution < -0.4 is 0 Å². The molecule has 6 heteroatoms. The second-order valence-electron chi connectivity index (χ2n) is 5.18. The molecule has 1 aromatic rings. The fraction of sp³-hybridized carbons (Fsp3) is 0.571. The van der Waals surface area contributed by atoms with Crippen molar-refractivity contribution in [3.63, 3.8) is 0 Å². The first-order chi connectivity index (χ1) is 9.41. The number of hydrogen-bond donors (Lipinski definition) is 0. The monoisotopic (exact) mass is 319 g/mol. The Morgan fingerprint density at radius 1 is 1.40 bits per heavy atom. The number of benzene rings is 1. The summed E-state index contributed by atoms with van der Waals surface area (Å²) in [6, 6.07) is 2.86. The van der Waals surface area contributed by atoms with E-state index in [0.717, 1.165) is 19.3 Å². The lowest BCUT2D eigenvalue weighted by molar-refractivity contribution is 0.402. The van der Waals surface area contributed by atoms with Gasteiger partial charge in [-0.3, -0.25) is 0 Å². The minimum Gasteiger partial charge on any atom is -0.207 e. The summed E-state index contributed by atoms with van der Waals surface area (Å²) in [4.78, 5) is 0.0495. The molecule has 1 aliphatic rings. The van der Waals surface area contributed by atoms with Crippen molar-refractivity contribution in [1.82, 2.24) is 4.31 Å². The maximum atomic E-state index is 13.9. The van der Waals surface area contributed by atoms with E-state index >= 15 is 0 Å². The van der Waals surface area contributed by atoms with Gasteiger partial charge in [0.1, 0.15) is 5.82 Å². The zero-order valence-electron chi connectivity index (χ0n) is 11.7. The van der Waals surface area contributed by atoms with Gasteiger partial charge in [-0.05, 0) is 43.9 Å². The summed E-state index contributed by atoms with van der Waals surface area (Å²) in [5.74, 6) is -0.425. The van der Waals surface area contributed by atoms with Crippen molar-refractivity contribution >= 4 is 21.6 Å². The van der Waals surface area contributed by atoms with Crippen LogP contribution in [0.15, 0.2) is 17.0 Å². The zero-order valence-corrected chi connectivity index (χ0v) is 13.3. The summed E-state index contributed by atoms with van der Waals surface area (Å²) in [6.45, 7) is 3.91. The molecule has 20 heavy (non-hydrogen) atoms. The summed E-state index contributed by atoms with van der Waals surface area (Å²) in [5.41, 5.74) is 0.654. The van der Waals surface area contributed by atoms with E-state index in [9.17, 15) is 12.8 Å². The Bertz CT molecular complexity index is 599. The summed E-state index contributed by atoms with van der Waals surface area (Å²) in [5, 5.41) is 0. The van der Waals surface area contributed by atoms with Gasteiger partial charge in [-0.25, -0.2) is 12.8 Å². The van der Waals surface area contributed by atoms with Gasteiger partial charge >= 0.3 is 0 Å². The molecule has 112 valence electrons. The minimum atomic E-state index is -3.65. The molecular weight excluding hydrogens is 301 g/mol. The standard InChI is InChI=1S/C14H19ClFNO2S/c1-3-6-17(12-4-5-12)20(18,19)14-8-11(9-15)7-13(16)10(14)2/h7-8,12H,3-6,9H2,1-2H3. The third kappa shape index (κ3) is 3.00. The molecule has 0 spiro atoms. The molecule has 0 unspecified atom stereocenters. The topological polar surface area (TPSA) is 37.4 Å². The largest absolute Gasteiger partial charge is 0.243 e. The average Bonchev–Trinajstić information content (AvgIpc) is 3.22. The number of rotatable bonds is 6. The molecule has 1 fully saturated rings. The van der Waals surface area contributed by atoms with E-state index in [-0.39, 0.29) is 22.4 Å². The molecule has 1 aliphatic carbocycles. The van der Waals surface area contributed by atoms with E-state index < -0.39 is 15.8 Å². The van der Waals surface area contributed by atoms with Crippen LogP contribution in [0.5, 0.6) is 0 Å². The van der Waals surface area contributed by atoms with E-state index in [2.05, 4.69) is 0 Å². The lowest BCUT2D eigenvalue weighted by Crippen LogP contribution is -2.34. The van der Waals surface area contributed by atoms with E-state index in [1.54, 1.807) is 0 Å². The van der Waals surface area contributed by atoms with E-state index in [1.165, 1.54) is 23.4 Å². The molecule has 0 heterocycles. The van der Waals surface area contributed by atoms with Gasteiger partial charge in [0.2, 0.25) is 10.0 Å². The first-order valence-corrected chi connectivity index (χ1v) is 8.76. The Hall–Kier alpha value is -0.650. The Morgan fingerprint density at radius 3 is 2.55 bits per heavy atom. The van der Waals surface area contributed by atoms with Gasteiger partial charge in [-0.1, -0.05) is 6.92 Å². The van der Waals surface area contributed by atoms with Gasteiger partial charge in [-0.15, -0.1) is 11.6 Å². The van der Waals surface area contributed by atoms with Crippen molar-refractivity contribution in [3.05, 3.63) is 29.1 Å². The van der Waals surface area contributed by atoms with Gasteiger partial charge in [0.15, 0.2) is 0 Å². The van der Waals surface area contributed by atoms with Crippen molar-refractivity contribution in [2.24, 2.45) is 0 Å². The van der Waals surface area contributed by atoms with Crippen molar-refractivity contribution in [2.75, 3.05) is 6.54 Å². The molecule has 0 saturated heterocycles. The number of alkyl halides is 1. The first kappa shape index (κ1) is 15.7. The van der Waals surface area contributed by atoms with Crippen LogP contribution in [-0.2, 0) is 15.9 Å². The summed E-state index contributed by atoms with van der Waals surface area (Å²) >= 11 is 5.71. The first-order valence-electron chi connectivity index (χ1n) is 6.78. The SMILES string of the molecule is CCCN(C1CC1)S(=O)(=O)c1cc(CCl)cc(F)c1C. The van der Waals surface area contributed by atoms with Crippen LogP contribution in [-0.4, -0.2) is 25.3 Å². The molecule has 0 aliphatic heterocycles. The molecule has 0 radical (unpaired) electrons. The predicted molar refractivity (Wildman–Crippen MR) is 77.9 cm³/mol. The van der Waals surface area contributed by atoms with Crippen molar-refractivity contribution < 1.29 is 12.8 Å². The Balaban J connectivity index is 2.49. The van der Waals surface area contributed by atoms with Gasteiger partial charge in [-0.2, -0.15) is 4.31 Å². The second kappa shape index (κ2) is 6.00. The molecule has 0 atom stereocenters. The molecule has 0 bridgehead atoms. The van der Waals surface area contributed by atoms with E-state index in [4.69, 9.17) is 11.6 Å². The van der Waals surface area contributed by atoms with E-state index in [0.29, 0.717) is 12.1 Å². The number of sulfonamides is 1. The number of hydrogen-bond acceptors (Lipinski definition) is 2. The number of halogens is 2. The van der Waals surface area contributed by atoms with Gasteiger partial charge in [0, 0.05) is 24.0 Å². The third-order valence-electron chi connectivity index (χ3n) is 3.50. The third-order valence-corrected chi connectivity index (χ3v) is 5.88. The lowest BCUT2D eigenvalue weighted by Gasteiger charge is -2.22. The normalized spacial score (nSPS) is 15.8. The van der Waals surface area contributed by atoms with E-state index in [1.807, 2.05) is 6.92 Å². The highest BCUT2D eigenvalue weighted by Crippen LogP contribution is 2.34. The van der Waals surface area contributed by atoms with Gasteiger partial charge < -0.3 is 0 Å². The molecule has 0 amide bonds. The maximum absolute atomic E-state index is 13.9. The molecular formula is C14H19ClFNO2S. The highest BCUT2D eigenvalue weighted by Gasteiger charge is 2.38. The van der Waals surface area contributed by atoms with Crippen molar-refractivity contribution in [2.45, 2.75) is 49.9 Å². The highest BCUT2D eigenvalue weighted by molar-refractivity contribution is 7.89. The Labute approximate surface area is 124 Å². The quantitative estimate of drug-likeness (QED) is 0.753. The van der Waals surface area contributed by atoms with Crippen LogP contribution in [0, 0.1) is 12.7 Å². The molecule has 1 aromatic carbocycles. The number of nitrogens with zero attached hydrogens (tertiary/aromatic N) is 1. The summed E-state index contributed by atoms with van der Waals surface area (Å²) < 4.78 is 40.9. The molecule has 0 aromatic heterocycles. The van der Waals surface area contributed by atoms with Crippen LogP contribution in [0.1, 0.15) is 37.3 Å². The van der Waals surface area contributed by atoms with Gasteiger partial charge in [0.05, 0.1) is 4.90 Å². The maximum Gasteiger partial charge on any atom is 0.243 e. The van der Waals surface area contributed by atoms with Crippen LogP contribution >= 0.6 is 11.6 Å². The van der Waals surface area contributed by atoms with Crippen molar-refractivity contribution in [3.8, 4) is 0 Å². The fourth-order valence-electron chi connectivity index (χ4n) is 2.26. The lowest BCUT2D eigenvalue weighted by atomic mass is 10.1.